The molecule has 0 aromatic heterocycles. The molecule has 0 amide bonds. The molecule has 4 N–H and O–H groups in total. The van der Waals surface area contributed by atoms with Crippen molar-refractivity contribution in [2.24, 2.45) is 0 Å². The lowest BCUT2D eigenvalue weighted by atomic mass is 10.0. The van der Waals surface area contributed by atoms with Gasteiger partial charge in [-0.2, -0.15) is 0 Å². The van der Waals surface area contributed by atoms with E-state index >= 15 is 0 Å². The molecule has 0 saturated heterocycles. The summed E-state index contributed by atoms with van der Waals surface area (Å²) in [6, 6.07) is 0. The van der Waals surface area contributed by atoms with E-state index in [1.54, 1.807) is 0 Å². The maximum Gasteiger partial charge on any atom is 0.335 e. The molecule has 0 bridgehead atoms. The Kier molecular flexibility index (Phi) is 7.49. The van der Waals surface area contributed by atoms with E-state index < -0.39 is 24.1 Å². The van der Waals surface area contributed by atoms with Crippen LogP contribution in [0.15, 0.2) is 0 Å². The second-order valence-electron chi connectivity index (χ2n) is 3.69. The van der Waals surface area contributed by atoms with Crippen molar-refractivity contribution >= 4 is 11.9 Å². The maximum atomic E-state index is 9.77. The average Bonchev–Trinajstić information content (AvgIpc) is 2.30. The number of carboxylic acids is 2. The van der Waals surface area contributed by atoms with Crippen LogP contribution in [0, 0.1) is 0 Å². The Hall–Kier alpha value is -1.14. The van der Waals surface area contributed by atoms with Crippen LogP contribution < -0.4 is 0 Å². The number of carboxylic acid groups (broad SMARTS) is 2. The van der Waals surface area contributed by atoms with Crippen LogP contribution in [-0.4, -0.2) is 44.6 Å². The monoisotopic (exact) mass is 234 g/mol. The fraction of sp³-hybridized carbons (Fsp3) is 0.800. The molecule has 0 aromatic rings. The molecule has 1 rings (SSSR count). The van der Waals surface area contributed by atoms with Crippen molar-refractivity contribution < 1.29 is 30.0 Å². The lowest BCUT2D eigenvalue weighted by Crippen LogP contribution is -2.39. The third-order valence-electron chi connectivity index (χ3n) is 2.31. The van der Waals surface area contributed by atoms with Crippen LogP contribution >= 0.6 is 0 Å². The predicted octanol–water partition coefficient (Wildman–Crippen LogP) is 0.218. The lowest BCUT2D eigenvalue weighted by molar-refractivity contribution is -0.165. The van der Waals surface area contributed by atoms with E-state index in [4.69, 9.17) is 20.4 Å². The van der Waals surface area contributed by atoms with Crippen molar-refractivity contribution in [1.29, 1.82) is 0 Å². The molecule has 1 aliphatic carbocycles. The summed E-state index contributed by atoms with van der Waals surface area (Å²) in [6.45, 7) is 0. The van der Waals surface area contributed by atoms with Gasteiger partial charge in [0.1, 0.15) is 0 Å². The summed E-state index contributed by atoms with van der Waals surface area (Å²) in [6.07, 6.45) is 4.47. The normalized spacial score (nSPS) is 18.9. The second-order valence-corrected chi connectivity index (χ2v) is 3.69. The summed E-state index contributed by atoms with van der Waals surface area (Å²) in [7, 11) is 0. The number of carbonyl (C=O) groups is 2. The Bertz CT molecular complexity index is 194. The first-order chi connectivity index (χ1) is 7.46. The molecule has 0 radical (unpaired) electrons. The van der Waals surface area contributed by atoms with Gasteiger partial charge in [-0.1, -0.05) is 38.5 Å². The molecule has 16 heavy (non-hydrogen) atoms. The van der Waals surface area contributed by atoms with E-state index in [2.05, 4.69) is 0 Å². The van der Waals surface area contributed by atoms with Crippen LogP contribution in [0.2, 0.25) is 0 Å². The first kappa shape index (κ1) is 14.9. The molecule has 2 atom stereocenters. The lowest BCUT2D eigenvalue weighted by Gasteiger charge is -2.07. The van der Waals surface area contributed by atoms with Crippen molar-refractivity contribution in [2.75, 3.05) is 0 Å². The molecule has 0 spiro atoms. The Morgan fingerprint density at radius 1 is 0.688 bits per heavy atom. The standard InChI is InChI=1S/C6H12.C4H6O6/c1-2-4-6-5-3-1;5-1(3(7)8)2(6)4(9)10/h1-6H2;1-2,5-6H,(H,7,8)(H,9,10)/t;1-,2-/m.0/s1. The summed E-state index contributed by atoms with van der Waals surface area (Å²) in [5, 5.41) is 32.5. The van der Waals surface area contributed by atoms with E-state index in [0.717, 1.165) is 0 Å². The Balaban J connectivity index is 0.000000315. The van der Waals surface area contributed by atoms with Crippen LogP contribution in [-0.2, 0) is 9.59 Å². The molecular weight excluding hydrogens is 216 g/mol. The van der Waals surface area contributed by atoms with Gasteiger partial charge in [-0.25, -0.2) is 9.59 Å². The van der Waals surface area contributed by atoms with Gasteiger partial charge < -0.3 is 20.4 Å². The number of aliphatic hydroxyl groups excluding tert-OH is 2. The Morgan fingerprint density at radius 3 is 1.00 bits per heavy atom. The predicted molar refractivity (Wildman–Crippen MR) is 55.0 cm³/mol. The van der Waals surface area contributed by atoms with Gasteiger partial charge in [0.15, 0.2) is 12.2 Å². The topological polar surface area (TPSA) is 115 Å². The van der Waals surface area contributed by atoms with Gasteiger partial charge >= 0.3 is 11.9 Å². The van der Waals surface area contributed by atoms with Gasteiger partial charge in [-0.3, -0.25) is 0 Å². The first-order valence-electron chi connectivity index (χ1n) is 5.28. The minimum Gasteiger partial charge on any atom is -0.479 e. The third kappa shape index (κ3) is 6.36. The Morgan fingerprint density at radius 2 is 0.875 bits per heavy atom. The molecule has 6 heteroatoms. The largest absolute Gasteiger partial charge is 0.479 e. The van der Waals surface area contributed by atoms with Crippen LogP contribution in [0.3, 0.4) is 0 Å². The zero-order chi connectivity index (χ0) is 12.6. The molecule has 94 valence electrons. The SMILES string of the molecule is C1CCCCC1.O=C(O)[C@@H](O)[C@H](O)C(=O)O. The van der Waals surface area contributed by atoms with Gasteiger partial charge in [0, 0.05) is 0 Å². The smallest absolute Gasteiger partial charge is 0.335 e. The summed E-state index contributed by atoms with van der Waals surface area (Å²) in [4.78, 5) is 19.5. The minimum absolute atomic E-state index is 1.50. The minimum atomic E-state index is -2.27. The molecule has 6 nitrogen and oxygen atoms in total. The number of hydrogen-bond acceptors (Lipinski definition) is 4. The zero-order valence-corrected chi connectivity index (χ0v) is 9.00. The summed E-state index contributed by atoms with van der Waals surface area (Å²) < 4.78 is 0. The average molecular weight is 234 g/mol. The molecule has 1 fully saturated rings. The van der Waals surface area contributed by atoms with Gasteiger partial charge in [-0.05, 0) is 0 Å². The number of aliphatic carboxylic acids is 2. The summed E-state index contributed by atoms with van der Waals surface area (Å²) in [5.74, 6) is -3.54. The fourth-order valence-electron chi connectivity index (χ4n) is 1.33. The highest BCUT2D eigenvalue weighted by molar-refractivity contribution is 5.83. The first-order valence-corrected chi connectivity index (χ1v) is 5.28. The second kappa shape index (κ2) is 8.06. The van der Waals surface area contributed by atoms with Crippen LogP contribution in [0.1, 0.15) is 38.5 Å². The van der Waals surface area contributed by atoms with Crippen LogP contribution in [0.5, 0.6) is 0 Å². The van der Waals surface area contributed by atoms with Crippen molar-refractivity contribution in [3.63, 3.8) is 0 Å². The van der Waals surface area contributed by atoms with Crippen molar-refractivity contribution in [3.05, 3.63) is 0 Å². The van der Waals surface area contributed by atoms with Crippen molar-refractivity contribution in [3.8, 4) is 0 Å². The number of rotatable bonds is 3. The highest BCUT2D eigenvalue weighted by Gasteiger charge is 2.29. The van der Waals surface area contributed by atoms with E-state index in [9.17, 15) is 9.59 Å². The van der Waals surface area contributed by atoms with Gasteiger partial charge in [0.2, 0.25) is 0 Å². The van der Waals surface area contributed by atoms with Crippen molar-refractivity contribution in [2.45, 2.75) is 50.7 Å². The molecule has 1 saturated carbocycles. The molecule has 1 aliphatic rings. The summed E-state index contributed by atoms with van der Waals surface area (Å²) in [5.41, 5.74) is 0. The summed E-state index contributed by atoms with van der Waals surface area (Å²) >= 11 is 0. The van der Waals surface area contributed by atoms with Crippen LogP contribution in [0.25, 0.3) is 0 Å². The van der Waals surface area contributed by atoms with E-state index in [-0.39, 0.29) is 0 Å². The molecule has 0 heterocycles. The van der Waals surface area contributed by atoms with E-state index in [1.807, 2.05) is 0 Å². The molecule has 0 aromatic carbocycles. The number of hydrogen-bond donors (Lipinski definition) is 4. The fourth-order valence-corrected chi connectivity index (χ4v) is 1.33. The number of aliphatic hydroxyl groups is 2. The molecule has 0 unspecified atom stereocenters. The quantitative estimate of drug-likeness (QED) is 0.555. The van der Waals surface area contributed by atoms with Gasteiger partial charge in [0.05, 0.1) is 0 Å². The third-order valence-corrected chi connectivity index (χ3v) is 2.31. The van der Waals surface area contributed by atoms with Crippen LogP contribution in [0.4, 0.5) is 0 Å². The highest BCUT2D eigenvalue weighted by atomic mass is 16.4. The van der Waals surface area contributed by atoms with E-state index in [1.165, 1.54) is 38.5 Å². The zero-order valence-electron chi connectivity index (χ0n) is 9.00. The van der Waals surface area contributed by atoms with Crippen molar-refractivity contribution in [1.82, 2.24) is 0 Å². The maximum absolute atomic E-state index is 9.77. The molecular formula is C10H18O6. The van der Waals surface area contributed by atoms with E-state index in [0.29, 0.717) is 0 Å². The Labute approximate surface area is 93.5 Å². The van der Waals surface area contributed by atoms with Gasteiger partial charge in [-0.15, -0.1) is 0 Å². The molecule has 0 aliphatic heterocycles. The van der Waals surface area contributed by atoms with Gasteiger partial charge in [0.25, 0.3) is 0 Å². The highest BCUT2D eigenvalue weighted by Crippen LogP contribution is 2.15.